The molecule has 0 saturated heterocycles. The fourth-order valence-electron chi connectivity index (χ4n) is 0.739. The maximum atomic E-state index is 10.8. The Morgan fingerprint density at radius 2 is 2.27 bits per heavy atom. The van der Waals surface area contributed by atoms with Gasteiger partial charge in [0.1, 0.15) is 0 Å². The molecule has 0 aliphatic rings. The second-order valence-electron chi connectivity index (χ2n) is 2.80. The van der Waals surface area contributed by atoms with Gasteiger partial charge in [-0.1, -0.05) is 20.4 Å². The highest BCUT2D eigenvalue weighted by Crippen LogP contribution is 1.98. The Kier molecular flexibility index (Phi) is 4.54. The van der Waals surface area contributed by atoms with Crippen molar-refractivity contribution in [2.45, 2.75) is 19.9 Å². The molecule has 0 aromatic carbocycles. The van der Waals surface area contributed by atoms with Crippen LogP contribution in [0.5, 0.6) is 0 Å². The summed E-state index contributed by atoms with van der Waals surface area (Å²) in [4.78, 5) is 10.8. The van der Waals surface area contributed by atoms with E-state index in [1.54, 1.807) is 0 Å². The van der Waals surface area contributed by atoms with E-state index in [0.29, 0.717) is 12.5 Å². The van der Waals surface area contributed by atoms with Crippen LogP contribution in [0.3, 0.4) is 0 Å². The van der Waals surface area contributed by atoms with Gasteiger partial charge < -0.3 is 11.1 Å². The maximum Gasteiger partial charge on any atom is 0.243 e. The molecule has 3 nitrogen and oxygen atoms in total. The zero-order chi connectivity index (χ0) is 8.85. The number of carbonyl (C=O) groups excluding carboxylic acids is 1. The van der Waals surface area contributed by atoms with Crippen LogP contribution in [-0.2, 0) is 4.79 Å². The van der Waals surface area contributed by atoms with Crippen molar-refractivity contribution < 1.29 is 4.79 Å². The molecule has 0 aliphatic carbocycles. The van der Waals surface area contributed by atoms with Crippen molar-refractivity contribution in [1.82, 2.24) is 5.32 Å². The highest BCUT2D eigenvalue weighted by Gasteiger charge is 2.11. The first-order valence-corrected chi connectivity index (χ1v) is 3.74. The number of rotatable bonds is 4. The summed E-state index contributed by atoms with van der Waals surface area (Å²) in [5.41, 5.74) is 5.43. The summed E-state index contributed by atoms with van der Waals surface area (Å²) in [6.45, 7) is 7.85. The minimum absolute atomic E-state index is 0.0560. The van der Waals surface area contributed by atoms with E-state index in [-0.39, 0.29) is 11.9 Å². The van der Waals surface area contributed by atoms with Gasteiger partial charge in [-0.2, -0.15) is 0 Å². The Labute approximate surface area is 67.7 Å². The number of nitrogens with one attached hydrogen (secondary N) is 1. The standard InChI is InChI=1S/C8H16N2O/c1-4-8(11)10-7(5-9)6(2)3/h4,6-7H,1,5,9H2,2-3H3,(H,10,11). The van der Waals surface area contributed by atoms with Gasteiger partial charge >= 0.3 is 0 Å². The third-order valence-electron chi connectivity index (χ3n) is 1.57. The third-order valence-corrected chi connectivity index (χ3v) is 1.57. The predicted octanol–water partition coefficient (Wildman–Crippen LogP) is 0.272. The summed E-state index contributed by atoms with van der Waals surface area (Å²) < 4.78 is 0. The largest absolute Gasteiger partial charge is 0.348 e. The van der Waals surface area contributed by atoms with E-state index in [4.69, 9.17) is 5.73 Å². The van der Waals surface area contributed by atoms with E-state index in [2.05, 4.69) is 11.9 Å². The molecular weight excluding hydrogens is 140 g/mol. The molecule has 0 saturated carbocycles. The van der Waals surface area contributed by atoms with Gasteiger partial charge in [-0.05, 0) is 12.0 Å². The van der Waals surface area contributed by atoms with Gasteiger partial charge in [0.2, 0.25) is 5.91 Å². The molecule has 0 bridgehead atoms. The van der Waals surface area contributed by atoms with Crippen LogP contribution in [0.25, 0.3) is 0 Å². The van der Waals surface area contributed by atoms with E-state index < -0.39 is 0 Å². The van der Waals surface area contributed by atoms with Crippen molar-refractivity contribution in [2.24, 2.45) is 11.7 Å². The van der Waals surface area contributed by atoms with Gasteiger partial charge in [-0.25, -0.2) is 0 Å². The van der Waals surface area contributed by atoms with Gasteiger partial charge in [0.05, 0.1) is 0 Å². The lowest BCUT2D eigenvalue weighted by molar-refractivity contribution is -0.117. The molecule has 1 atom stereocenters. The fraction of sp³-hybridized carbons (Fsp3) is 0.625. The fourth-order valence-corrected chi connectivity index (χ4v) is 0.739. The molecule has 1 amide bonds. The molecule has 0 aromatic heterocycles. The molecule has 0 rings (SSSR count). The average Bonchev–Trinajstić information content (AvgIpc) is 1.99. The smallest absolute Gasteiger partial charge is 0.243 e. The van der Waals surface area contributed by atoms with Crippen LogP contribution < -0.4 is 11.1 Å². The van der Waals surface area contributed by atoms with E-state index in [9.17, 15) is 4.79 Å². The monoisotopic (exact) mass is 156 g/mol. The maximum absolute atomic E-state index is 10.8. The highest BCUT2D eigenvalue weighted by molar-refractivity contribution is 5.87. The quantitative estimate of drug-likeness (QED) is 0.574. The number of hydrogen-bond acceptors (Lipinski definition) is 2. The topological polar surface area (TPSA) is 55.1 Å². The van der Waals surface area contributed by atoms with Crippen LogP contribution in [0.15, 0.2) is 12.7 Å². The van der Waals surface area contributed by atoms with E-state index in [1.165, 1.54) is 6.08 Å². The van der Waals surface area contributed by atoms with Crippen LogP contribution in [0.1, 0.15) is 13.8 Å². The number of nitrogens with two attached hydrogens (primary N) is 1. The van der Waals surface area contributed by atoms with Crippen molar-refractivity contribution in [1.29, 1.82) is 0 Å². The van der Waals surface area contributed by atoms with E-state index in [1.807, 2.05) is 13.8 Å². The minimum atomic E-state index is -0.158. The normalized spacial score (nSPS) is 12.7. The molecule has 0 fully saturated rings. The van der Waals surface area contributed by atoms with Crippen molar-refractivity contribution in [2.75, 3.05) is 6.54 Å². The molecule has 11 heavy (non-hydrogen) atoms. The van der Waals surface area contributed by atoms with E-state index >= 15 is 0 Å². The number of hydrogen-bond donors (Lipinski definition) is 2. The van der Waals surface area contributed by atoms with Gasteiger partial charge in [0, 0.05) is 12.6 Å². The van der Waals surface area contributed by atoms with Gasteiger partial charge in [0.15, 0.2) is 0 Å². The average molecular weight is 156 g/mol. The predicted molar refractivity (Wildman–Crippen MR) is 46.0 cm³/mol. The Morgan fingerprint density at radius 1 is 1.73 bits per heavy atom. The summed E-state index contributed by atoms with van der Waals surface area (Å²) in [5, 5.41) is 2.73. The van der Waals surface area contributed by atoms with E-state index in [0.717, 1.165) is 0 Å². The Morgan fingerprint density at radius 3 is 2.55 bits per heavy atom. The Hall–Kier alpha value is -0.830. The van der Waals surface area contributed by atoms with Crippen LogP contribution >= 0.6 is 0 Å². The van der Waals surface area contributed by atoms with Crippen molar-refractivity contribution in [3.63, 3.8) is 0 Å². The summed E-state index contributed by atoms with van der Waals surface area (Å²) in [6.07, 6.45) is 1.25. The summed E-state index contributed by atoms with van der Waals surface area (Å²) in [5.74, 6) is 0.207. The lowest BCUT2D eigenvalue weighted by atomic mass is 10.1. The summed E-state index contributed by atoms with van der Waals surface area (Å²) >= 11 is 0. The molecule has 0 aromatic rings. The van der Waals surface area contributed by atoms with Crippen LogP contribution in [0.4, 0.5) is 0 Å². The molecular formula is C8H16N2O. The molecule has 64 valence electrons. The van der Waals surface area contributed by atoms with Crippen LogP contribution in [0, 0.1) is 5.92 Å². The Bertz CT molecular complexity index is 143. The van der Waals surface area contributed by atoms with Gasteiger partial charge in [-0.15, -0.1) is 0 Å². The molecule has 1 unspecified atom stereocenters. The van der Waals surface area contributed by atoms with Gasteiger partial charge in [0.25, 0.3) is 0 Å². The Balaban J connectivity index is 3.87. The first kappa shape index (κ1) is 10.2. The van der Waals surface area contributed by atoms with Crippen LogP contribution in [-0.4, -0.2) is 18.5 Å². The molecule has 0 heterocycles. The second-order valence-corrected chi connectivity index (χ2v) is 2.80. The first-order chi connectivity index (χ1) is 5.11. The van der Waals surface area contributed by atoms with Gasteiger partial charge in [-0.3, -0.25) is 4.79 Å². The summed E-state index contributed by atoms with van der Waals surface area (Å²) in [7, 11) is 0. The van der Waals surface area contributed by atoms with Crippen molar-refractivity contribution in [3.8, 4) is 0 Å². The molecule has 0 spiro atoms. The molecule has 0 aliphatic heterocycles. The number of amides is 1. The van der Waals surface area contributed by atoms with Crippen LogP contribution in [0.2, 0.25) is 0 Å². The third kappa shape index (κ3) is 3.78. The molecule has 3 heteroatoms. The lowest BCUT2D eigenvalue weighted by Crippen LogP contribution is -2.42. The minimum Gasteiger partial charge on any atom is -0.348 e. The molecule has 0 radical (unpaired) electrons. The SMILES string of the molecule is C=CC(=O)NC(CN)C(C)C. The zero-order valence-corrected chi connectivity index (χ0v) is 7.13. The zero-order valence-electron chi connectivity index (χ0n) is 7.13. The molecule has 3 N–H and O–H groups in total. The van der Waals surface area contributed by atoms with Crippen molar-refractivity contribution in [3.05, 3.63) is 12.7 Å². The lowest BCUT2D eigenvalue weighted by Gasteiger charge is -2.19. The number of carbonyl (C=O) groups is 1. The second kappa shape index (κ2) is 4.91. The summed E-state index contributed by atoms with van der Waals surface area (Å²) in [6, 6.07) is 0.0560. The van der Waals surface area contributed by atoms with Crippen molar-refractivity contribution >= 4 is 5.91 Å². The first-order valence-electron chi connectivity index (χ1n) is 3.74. The highest BCUT2D eigenvalue weighted by atomic mass is 16.1.